The van der Waals surface area contributed by atoms with Gasteiger partial charge in [0.05, 0.1) is 18.4 Å². The second-order valence-electron chi connectivity index (χ2n) is 5.91. The van der Waals surface area contributed by atoms with E-state index in [0.717, 1.165) is 25.0 Å². The first-order valence-corrected chi connectivity index (χ1v) is 8.08. The molecule has 124 valence electrons. The third-order valence-electron chi connectivity index (χ3n) is 4.14. The van der Waals surface area contributed by atoms with Crippen molar-refractivity contribution in [3.63, 3.8) is 0 Å². The summed E-state index contributed by atoms with van der Waals surface area (Å²) in [5.74, 6) is 2.31. The largest absolute Gasteiger partial charge is 0.373 e. The first-order chi connectivity index (χ1) is 11.8. The van der Waals surface area contributed by atoms with Gasteiger partial charge < -0.3 is 13.8 Å². The Kier molecular flexibility index (Phi) is 4.08. The van der Waals surface area contributed by atoms with Crippen molar-refractivity contribution < 1.29 is 13.8 Å². The van der Waals surface area contributed by atoms with E-state index in [2.05, 4.69) is 32.4 Å². The molecule has 1 fully saturated rings. The summed E-state index contributed by atoms with van der Waals surface area (Å²) in [6.45, 7) is 2.50. The molecule has 3 aromatic rings. The lowest BCUT2D eigenvalue weighted by molar-refractivity contribution is -0.0103. The van der Waals surface area contributed by atoms with Crippen LogP contribution in [0.1, 0.15) is 53.9 Å². The minimum absolute atomic E-state index is 0.0549. The fourth-order valence-corrected chi connectivity index (χ4v) is 3.05. The van der Waals surface area contributed by atoms with Crippen LogP contribution in [-0.2, 0) is 11.2 Å². The summed E-state index contributed by atoms with van der Waals surface area (Å²) in [6.07, 6.45) is 2.28. The van der Waals surface area contributed by atoms with Crippen molar-refractivity contribution >= 4 is 0 Å². The van der Waals surface area contributed by atoms with E-state index in [1.807, 2.05) is 18.2 Å². The van der Waals surface area contributed by atoms with Gasteiger partial charge in [-0.1, -0.05) is 40.6 Å². The number of ether oxygens (including phenoxy) is 1. The van der Waals surface area contributed by atoms with Crippen molar-refractivity contribution in [3.05, 3.63) is 59.3 Å². The van der Waals surface area contributed by atoms with Gasteiger partial charge in [-0.25, -0.2) is 0 Å². The highest BCUT2D eigenvalue weighted by Gasteiger charge is 2.33. The Morgan fingerprint density at radius 1 is 1.04 bits per heavy atom. The third-order valence-corrected chi connectivity index (χ3v) is 4.14. The minimum atomic E-state index is -0.0549. The zero-order valence-electron chi connectivity index (χ0n) is 13.4. The SMILES string of the molecule is Cc1nc(Cc2noc([C@@H]3CCCO[C@@H]3c3ccccc3)n2)no1. The summed E-state index contributed by atoms with van der Waals surface area (Å²) in [6, 6.07) is 10.2. The molecule has 24 heavy (non-hydrogen) atoms. The van der Waals surface area contributed by atoms with E-state index in [-0.39, 0.29) is 12.0 Å². The normalized spacial score (nSPS) is 21.0. The molecule has 2 aromatic heterocycles. The molecule has 0 N–H and O–H groups in total. The summed E-state index contributed by atoms with van der Waals surface area (Å²) >= 11 is 0. The molecule has 4 rings (SSSR count). The van der Waals surface area contributed by atoms with Crippen LogP contribution in [0.25, 0.3) is 0 Å². The first-order valence-electron chi connectivity index (χ1n) is 8.08. The number of aromatic nitrogens is 4. The van der Waals surface area contributed by atoms with Crippen molar-refractivity contribution in [2.24, 2.45) is 0 Å². The van der Waals surface area contributed by atoms with Crippen molar-refractivity contribution in [2.75, 3.05) is 6.61 Å². The lowest BCUT2D eigenvalue weighted by Crippen LogP contribution is -2.21. The molecule has 0 saturated carbocycles. The number of hydrogen-bond acceptors (Lipinski definition) is 7. The predicted octanol–water partition coefficient (Wildman–Crippen LogP) is 2.99. The minimum Gasteiger partial charge on any atom is -0.373 e. The van der Waals surface area contributed by atoms with Gasteiger partial charge >= 0.3 is 0 Å². The zero-order valence-corrected chi connectivity index (χ0v) is 13.4. The van der Waals surface area contributed by atoms with E-state index >= 15 is 0 Å². The molecule has 0 unspecified atom stereocenters. The van der Waals surface area contributed by atoms with Gasteiger partial charge in [0.25, 0.3) is 0 Å². The van der Waals surface area contributed by atoms with E-state index in [9.17, 15) is 0 Å². The van der Waals surface area contributed by atoms with Gasteiger partial charge in [-0.2, -0.15) is 9.97 Å². The molecule has 1 aromatic carbocycles. The van der Waals surface area contributed by atoms with Crippen molar-refractivity contribution in [1.82, 2.24) is 20.3 Å². The summed E-state index contributed by atoms with van der Waals surface area (Å²) < 4.78 is 16.5. The Hall–Kier alpha value is -2.54. The second-order valence-corrected chi connectivity index (χ2v) is 5.91. The van der Waals surface area contributed by atoms with Crippen molar-refractivity contribution in [3.8, 4) is 0 Å². The quantitative estimate of drug-likeness (QED) is 0.728. The van der Waals surface area contributed by atoms with Crippen LogP contribution in [0.3, 0.4) is 0 Å². The lowest BCUT2D eigenvalue weighted by Gasteiger charge is -2.29. The maximum Gasteiger partial charge on any atom is 0.232 e. The monoisotopic (exact) mass is 326 g/mol. The Morgan fingerprint density at radius 2 is 1.83 bits per heavy atom. The fourth-order valence-electron chi connectivity index (χ4n) is 3.05. The van der Waals surface area contributed by atoms with E-state index in [0.29, 0.717) is 29.9 Å². The van der Waals surface area contributed by atoms with Gasteiger partial charge in [-0.15, -0.1) is 0 Å². The van der Waals surface area contributed by atoms with E-state index in [4.69, 9.17) is 13.8 Å². The Labute approximate surface area is 139 Å². The Morgan fingerprint density at radius 3 is 2.62 bits per heavy atom. The van der Waals surface area contributed by atoms with Gasteiger partial charge in [-0.3, -0.25) is 0 Å². The van der Waals surface area contributed by atoms with Gasteiger partial charge in [0.15, 0.2) is 11.6 Å². The van der Waals surface area contributed by atoms with Crippen LogP contribution in [-0.4, -0.2) is 26.9 Å². The average Bonchev–Trinajstić information content (AvgIpc) is 3.25. The second kappa shape index (κ2) is 6.52. The summed E-state index contributed by atoms with van der Waals surface area (Å²) in [4.78, 5) is 8.70. The maximum atomic E-state index is 5.99. The van der Waals surface area contributed by atoms with Crippen molar-refractivity contribution in [1.29, 1.82) is 0 Å². The lowest BCUT2D eigenvalue weighted by atomic mass is 9.89. The van der Waals surface area contributed by atoms with Crippen LogP contribution in [0.4, 0.5) is 0 Å². The molecular formula is C17H18N4O3. The van der Waals surface area contributed by atoms with Crippen LogP contribution in [0.15, 0.2) is 39.4 Å². The molecule has 7 nitrogen and oxygen atoms in total. The molecule has 7 heteroatoms. The smallest absolute Gasteiger partial charge is 0.232 e. The number of benzene rings is 1. The van der Waals surface area contributed by atoms with E-state index in [1.165, 1.54) is 0 Å². The Bertz CT molecular complexity index is 799. The highest BCUT2D eigenvalue weighted by molar-refractivity contribution is 5.21. The third kappa shape index (κ3) is 3.07. The molecule has 0 aliphatic carbocycles. The number of aryl methyl sites for hydroxylation is 1. The van der Waals surface area contributed by atoms with Crippen LogP contribution in [0.2, 0.25) is 0 Å². The van der Waals surface area contributed by atoms with Gasteiger partial charge in [0.2, 0.25) is 11.8 Å². The number of nitrogens with zero attached hydrogens (tertiary/aromatic N) is 4. The molecule has 2 atom stereocenters. The fraction of sp³-hybridized carbons (Fsp3) is 0.412. The number of rotatable bonds is 4. The molecule has 0 amide bonds. The van der Waals surface area contributed by atoms with Crippen LogP contribution in [0.5, 0.6) is 0 Å². The van der Waals surface area contributed by atoms with E-state index < -0.39 is 0 Å². The van der Waals surface area contributed by atoms with Gasteiger partial charge in [0, 0.05) is 13.5 Å². The van der Waals surface area contributed by atoms with Crippen LogP contribution < -0.4 is 0 Å². The molecular weight excluding hydrogens is 308 g/mol. The predicted molar refractivity (Wildman–Crippen MR) is 83.2 cm³/mol. The zero-order chi connectivity index (χ0) is 16.4. The summed E-state index contributed by atoms with van der Waals surface area (Å²) in [5, 5.41) is 7.92. The topological polar surface area (TPSA) is 87.1 Å². The molecule has 0 bridgehead atoms. The molecule has 1 saturated heterocycles. The van der Waals surface area contributed by atoms with Crippen LogP contribution in [0, 0.1) is 6.92 Å². The highest BCUT2D eigenvalue weighted by atomic mass is 16.5. The van der Waals surface area contributed by atoms with Gasteiger partial charge in [0.1, 0.15) is 0 Å². The Balaban J connectivity index is 1.55. The van der Waals surface area contributed by atoms with Gasteiger partial charge in [-0.05, 0) is 18.4 Å². The van der Waals surface area contributed by atoms with Crippen molar-refractivity contribution in [2.45, 2.75) is 38.2 Å². The standard InChI is InChI=1S/C17H18N4O3/c1-11-18-14(20-23-11)10-15-19-17(24-21-15)13-8-5-9-22-16(13)12-6-3-2-4-7-12/h2-4,6-7,13,16H,5,8-10H2,1H3/t13-,16-/m1/s1. The molecule has 3 heterocycles. The highest BCUT2D eigenvalue weighted by Crippen LogP contribution is 2.39. The average molecular weight is 326 g/mol. The molecule has 1 aliphatic heterocycles. The molecule has 0 spiro atoms. The molecule has 1 aliphatic rings. The maximum absolute atomic E-state index is 5.99. The molecule has 0 radical (unpaired) electrons. The first kappa shape index (κ1) is 15.0. The summed E-state index contributed by atoms with van der Waals surface area (Å²) in [7, 11) is 0. The van der Waals surface area contributed by atoms with E-state index in [1.54, 1.807) is 6.92 Å². The van der Waals surface area contributed by atoms with Crippen LogP contribution >= 0.6 is 0 Å². The number of hydrogen-bond donors (Lipinski definition) is 0. The summed E-state index contributed by atoms with van der Waals surface area (Å²) in [5.41, 5.74) is 1.13.